The maximum absolute atomic E-state index is 11.9. The zero-order valence-electron chi connectivity index (χ0n) is 9.45. The number of carboxylic acid groups (broad SMARTS) is 1. The van der Waals surface area contributed by atoms with Crippen LogP contribution in [0.25, 0.3) is 0 Å². The van der Waals surface area contributed by atoms with E-state index in [1.807, 2.05) is 0 Å². The van der Waals surface area contributed by atoms with Gasteiger partial charge in [0.2, 0.25) is 5.91 Å². The van der Waals surface area contributed by atoms with Crippen LogP contribution in [0.4, 0.5) is 0 Å². The molecule has 1 aromatic heterocycles. The molecule has 1 unspecified atom stereocenters. The Balaban J connectivity index is 1.83. The first-order chi connectivity index (χ1) is 8.15. The van der Waals surface area contributed by atoms with Crippen LogP contribution in [0.1, 0.15) is 12.8 Å². The maximum Gasteiger partial charge on any atom is 0.303 e. The van der Waals surface area contributed by atoms with Gasteiger partial charge in [0.1, 0.15) is 6.54 Å². The van der Waals surface area contributed by atoms with E-state index in [0.29, 0.717) is 13.1 Å². The molecule has 2 heterocycles. The van der Waals surface area contributed by atoms with Crippen LogP contribution in [0.15, 0.2) is 18.5 Å². The Kier molecular flexibility index (Phi) is 3.41. The molecule has 1 aliphatic rings. The number of aromatic nitrogens is 2. The molecular weight excluding hydrogens is 222 g/mol. The van der Waals surface area contributed by atoms with Crippen LogP contribution in [0.3, 0.4) is 0 Å². The predicted molar refractivity (Wildman–Crippen MR) is 59.2 cm³/mol. The molecule has 0 radical (unpaired) electrons. The second kappa shape index (κ2) is 4.99. The smallest absolute Gasteiger partial charge is 0.303 e. The number of carboxylic acids is 1. The fourth-order valence-corrected chi connectivity index (χ4v) is 2.11. The van der Waals surface area contributed by atoms with Crippen molar-refractivity contribution in [2.45, 2.75) is 19.4 Å². The quantitative estimate of drug-likeness (QED) is 0.812. The summed E-state index contributed by atoms with van der Waals surface area (Å²) in [5.41, 5.74) is 0. The topological polar surface area (TPSA) is 75.4 Å². The molecule has 1 aromatic rings. The van der Waals surface area contributed by atoms with Crippen LogP contribution in [-0.4, -0.2) is 44.8 Å². The van der Waals surface area contributed by atoms with Crippen molar-refractivity contribution in [2.75, 3.05) is 13.1 Å². The van der Waals surface area contributed by atoms with Crippen molar-refractivity contribution in [3.05, 3.63) is 18.5 Å². The number of aliphatic carboxylic acids is 1. The van der Waals surface area contributed by atoms with Crippen molar-refractivity contribution in [3.63, 3.8) is 0 Å². The largest absolute Gasteiger partial charge is 0.481 e. The number of amides is 1. The molecule has 0 saturated carbocycles. The third-order valence-corrected chi connectivity index (χ3v) is 2.96. The molecule has 1 atom stereocenters. The highest BCUT2D eigenvalue weighted by molar-refractivity contribution is 5.76. The Hall–Kier alpha value is -1.85. The van der Waals surface area contributed by atoms with Gasteiger partial charge in [-0.05, 0) is 18.4 Å². The maximum atomic E-state index is 11.9. The number of nitrogens with zero attached hydrogens (tertiary/aromatic N) is 3. The van der Waals surface area contributed by atoms with Gasteiger partial charge in [0, 0.05) is 31.9 Å². The van der Waals surface area contributed by atoms with Crippen LogP contribution < -0.4 is 0 Å². The summed E-state index contributed by atoms with van der Waals surface area (Å²) < 4.78 is 1.58. The fraction of sp³-hybridized carbons (Fsp3) is 0.545. The lowest BCUT2D eigenvalue weighted by Gasteiger charge is -2.16. The Morgan fingerprint density at radius 1 is 1.47 bits per heavy atom. The number of carbonyl (C=O) groups excluding carboxylic acids is 1. The second-order valence-corrected chi connectivity index (χ2v) is 4.30. The van der Waals surface area contributed by atoms with E-state index in [4.69, 9.17) is 5.11 Å². The fourth-order valence-electron chi connectivity index (χ4n) is 2.11. The van der Waals surface area contributed by atoms with E-state index in [1.54, 1.807) is 28.0 Å². The summed E-state index contributed by atoms with van der Waals surface area (Å²) in [5, 5.41) is 12.7. The van der Waals surface area contributed by atoms with Gasteiger partial charge in [-0.25, -0.2) is 0 Å². The Bertz CT molecular complexity index is 402. The van der Waals surface area contributed by atoms with Gasteiger partial charge in [-0.2, -0.15) is 5.10 Å². The zero-order chi connectivity index (χ0) is 12.3. The monoisotopic (exact) mass is 237 g/mol. The SMILES string of the molecule is O=C(O)CC1CCN(C(=O)Cn2cccn2)C1. The standard InChI is InChI=1S/C11H15N3O3/c15-10(8-14-4-1-3-12-14)13-5-2-9(7-13)6-11(16)17/h1,3-4,9H,2,5-8H2,(H,16,17). The minimum absolute atomic E-state index is 0.00147. The molecular formula is C11H15N3O3. The molecule has 0 aliphatic carbocycles. The molecule has 1 amide bonds. The lowest BCUT2D eigenvalue weighted by Crippen LogP contribution is -2.32. The zero-order valence-corrected chi connectivity index (χ0v) is 9.45. The summed E-state index contributed by atoms with van der Waals surface area (Å²) in [6, 6.07) is 1.77. The minimum Gasteiger partial charge on any atom is -0.481 e. The first-order valence-corrected chi connectivity index (χ1v) is 5.62. The van der Waals surface area contributed by atoms with Crippen LogP contribution in [0, 0.1) is 5.92 Å². The van der Waals surface area contributed by atoms with Gasteiger partial charge in [0.05, 0.1) is 0 Å². The third-order valence-electron chi connectivity index (χ3n) is 2.96. The lowest BCUT2D eigenvalue weighted by atomic mass is 10.1. The van der Waals surface area contributed by atoms with Gasteiger partial charge in [-0.3, -0.25) is 14.3 Å². The highest BCUT2D eigenvalue weighted by Gasteiger charge is 2.27. The predicted octanol–water partition coefficient (Wildman–Crippen LogP) is 0.206. The molecule has 92 valence electrons. The molecule has 6 nitrogen and oxygen atoms in total. The molecule has 1 aliphatic heterocycles. The van der Waals surface area contributed by atoms with Crippen molar-refractivity contribution < 1.29 is 14.7 Å². The molecule has 17 heavy (non-hydrogen) atoms. The van der Waals surface area contributed by atoms with Crippen molar-refractivity contribution >= 4 is 11.9 Å². The van der Waals surface area contributed by atoms with Gasteiger partial charge in [-0.15, -0.1) is 0 Å². The summed E-state index contributed by atoms with van der Waals surface area (Å²) in [5.74, 6) is -0.702. The average molecular weight is 237 g/mol. The van der Waals surface area contributed by atoms with E-state index in [0.717, 1.165) is 6.42 Å². The van der Waals surface area contributed by atoms with Gasteiger partial charge < -0.3 is 10.0 Å². The van der Waals surface area contributed by atoms with Gasteiger partial charge in [-0.1, -0.05) is 0 Å². The highest BCUT2D eigenvalue weighted by Crippen LogP contribution is 2.19. The first-order valence-electron chi connectivity index (χ1n) is 5.62. The van der Waals surface area contributed by atoms with E-state index >= 15 is 0 Å². The number of hydrogen-bond acceptors (Lipinski definition) is 3. The molecule has 1 saturated heterocycles. The molecule has 2 rings (SSSR count). The van der Waals surface area contributed by atoms with Crippen LogP contribution >= 0.6 is 0 Å². The van der Waals surface area contributed by atoms with E-state index in [2.05, 4.69) is 5.10 Å². The number of likely N-dealkylation sites (tertiary alicyclic amines) is 1. The van der Waals surface area contributed by atoms with E-state index < -0.39 is 5.97 Å². The summed E-state index contributed by atoms with van der Waals surface area (Å²) in [6.45, 7) is 1.43. The van der Waals surface area contributed by atoms with Crippen LogP contribution in [-0.2, 0) is 16.1 Å². The summed E-state index contributed by atoms with van der Waals surface area (Å²) in [4.78, 5) is 24.1. The van der Waals surface area contributed by atoms with Gasteiger partial charge >= 0.3 is 5.97 Å². The van der Waals surface area contributed by atoms with Crippen molar-refractivity contribution in [1.82, 2.24) is 14.7 Å². The van der Waals surface area contributed by atoms with Crippen molar-refractivity contribution in [2.24, 2.45) is 5.92 Å². The summed E-state index contributed by atoms with van der Waals surface area (Å²) in [6.07, 6.45) is 4.29. The minimum atomic E-state index is -0.795. The van der Waals surface area contributed by atoms with Crippen LogP contribution in [0.5, 0.6) is 0 Å². The first kappa shape index (κ1) is 11.6. The van der Waals surface area contributed by atoms with Crippen molar-refractivity contribution in [3.8, 4) is 0 Å². The summed E-state index contributed by atoms with van der Waals surface area (Å²) in [7, 11) is 0. The van der Waals surface area contributed by atoms with Crippen molar-refractivity contribution in [1.29, 1.82) is 0 Å². The van der Waals surface area contributed by atoms with E-state index in [-0.39, 0.29) is 24.8 Å². The molecule has 0 bridgehead atoms. The normalized spacial score (nSPS) is 19.5. The number of carbonyl (C=O) groups is 2. The number of hydrogen-bond donors (Lipinski definition) is 1. The molecule has 1 fully saturated rings. The van der Waals surface area contributed by atoms with Crippen LogP contribution in [0.2, 0.25) is 0 Å². The molecule has 0 spiro atoms. The molecule has 1 N–H and O–H groups in total. The summed E-state index contributed by atoms with van der Waals surface area (Å²) >= 11 is 0. The van der Waals surface area contributed by atoms with Gasteiger partial charge in [0.15, 0.2) is 0 Å². The third kappa shape index (κ3) is 3.05. The Morgan fingerprint density at radius 2 is 2.29 bits per heavy atom. The lowest BCUT2D eigenvalue weighted by molar-refractivity contribution is -0.138. The highest BCUT2D eigenvalue weighted by atomic mass is 16.4. The molecule has 6 heteroatoms. The Morgan fingerprint density at radius 3 is 2.94 bits per heavy atom. The molecule has 0 aromatic carbocycles. The second-order valence-electron chi connectivity index (χ2n) is 4.30. The Labute approximate surface area is 98.8 Å². The van der Waals surface area contributed by atoms with E-state index in [1.165, 1.54) is 0 Å². The number of rotatable bonds is 4. The van der Waals surface area contributed by atoms with E-state index in [9.17, 15) is 9.59 Å². The average Bonchev–Trinajstić information content (AvgIpc) is 2.87. The van der Waals surface area contributed by atoms with Gasteiger partial charge in [0.25, 0.3) is 0 Å².